The molecule has 0 saturated carbocycles. The number of terminal acetylenes is 1. The monoisotopic (exact) mass is 306 g/mol. The summed E-state index contributed by atoms with van der Waals surface area (Å²) in [4.78, 5) is 15.3. The summed E-state index contributed by atoms with van der Waals surface area (Å²) in [5, 5.41) is 0. The highest BCUT2D eigenvalue weighted by Crippen LogP contribution is 2.11. The van der Waals surface area contributed by atoms with Crippen LogP contribution in [0.15, 0.2) is 29.5 Å². The van der Waals surface area contributed by atoms with E-state index in [1.165, 1.54) is 12.5 Å². The van der Waals surface area contributed by atoms with Crippen molar-refractivity contribution in [1.82, 2.24) is 4.98 Å². The molecular weight excluding hydrogens is 280 g/mol. The largest absolute Gasteiger partial charge is 0.465 e. The highest BCUT2D eigenvalue weighted by Gasteiger charge is 2.18. The van der Waals surface area contributed by atoms with Crippen molar-refractivity contribution in [3.05, 3.63) is 36.6 Å². The second-order valence-electron chi connectivity index (χ2n) is 3.60. The first-order chi connectivity index (χ1) is 10.6. The van der Waals surface area contributed by atoms with E-state index in [-0.39, 0.29) is 0 Å². The van der Waals surface area contributed by atoms with Crippen molar-refractivity contribution in [2.75, 3.05) is 6.61 Å². The smallest absolute Gasteiger partial charge is 0.323 e. The number of aromatic nitrogens is 1. The summed E-state index contributed by atoms with van der Waals surface area (Å²) in [5.41, 5.74) is 6.34. The van der Waals surface area contributed by atoms with Gasteiger partial charge in [0.25, 0.3) is 0 Å². The normalized spacial score (nSPS) is 10.4. The standard InChI is InChI=1S/C11H16N2O3.C4H4.C2H6/c1-3-5-10-9(13-7-16-10)6-8(12)11(14)15-4-2;1-3-4-2;1-2/h3,5,7-8H,4,6,12H2,1-2H3;1,4H,2H2;1-2H3/b5-3+;;. The number of rotatable bonds is 5. The lowest BCUT2D eigenvalue weighted by atomic mass is 10.1. The molecule has 122 valence electrons. The van der Waals surface area contributed by atoms with Gasteiger partial charge in [0, 0.05) is 6.42 Å². The molecule has 0 spiro atoms. The van der Waals surface area contributed by atoms with E-state index in [4.69, 9.17) is 14.9 Å². The Bertz CT molecular complexity index is 484. The lowest BCUT2D eigenvalue weighted by Crippen LogP contribution is -2.34. The van der Waals surface area contributed by atoms with Crippen LogP contribution in [-0.4, -0.2) is 23.6 Å². The van der Waals surface area contributed by atoms with Crippen molar-refractivity contribution in [1.29, 1.82) is 0 Å². The molecule has 1 atom stereocenters. The minimum absolute atomic E-state index is 0.314. The molecule has 0 amide bonds. The van der Waals surface area contributed by atoms with Crippen LogP contribution in [0.1, 0.15) is 39.1 Å². The van der Waals surface area contributed by atoms with E-state index in [1.807, 2.05) is 26.8 Å². The van der Waals surface area contributed by atoms with Crippen LogP contribution < -0.4 is 5.73 Å². The van der Waals surface area contributed by atoms with Crippen molar-refractivity contribution in [2.24, 2.45) is 5.73 Å². The summed E-state index contributed by atoms with van der Waals surface area (Å²) in [6.45, 7) is 11.2. The van der Waals surface area contributed by atoms with E-state index in [9.17, 15) is 4.79 Å². The maximum absolute atomic E-state index is 11.3. The average Bonchev–Trinajstić information content (AvgIpc) is 2.97. The zero-order chi connectivity index (χ0) is 17.4. The summed E-state index contributed by atoms with van der Waals surface area (Å²) in [6.07, 6.45) is 11.3. The molecule has 5 heteroatoms. The van der Waals surface area contributed by atoms with Gasteiger partial charge >= 0.3 is 5.97 Å². The Morgan fingerprint density at radius 1 is 1.64 bits per heavy atom. The van der Waals surface area contributed by atoms with E-state index in [1.54, 1.807) is 13.0 Å². The molecule has 0 radical (unpaired) electrons. The van der Waals surface area contributed by atoms with Crippen molar-refractivity contribution < 1.29 is 13.9 Å². The highest BCUT2D eigenvalue weighted by atomic mass is 16.5. The molecule has 1 unspecified atom stereocenters. The first kappa shape index (κ1) is 22.0. The zero-order valence-electron chi connectivity index (χ0n) is 13.8. The Hall–Kier alpha value is -2.32. The Kier molecular flexibility index (Phi) is 15.1. The van der Waals surface area contributed by atoms with Gasteiger partial charge in [-0.25, -0.2) is 4.98 Å². The van der Waals surface area contributed by atoms with Gasteiger partial charge in [-0.2, -0.15) is 0 Å². The molecule has 1 rings (SSSR count). The second-order valence-corrected chi connectivity index (χ2v) is 3.60. The molecule has 1 aromatic heterocycles. The van der Waals surface area contributed by atoms with Gasteiger partial charge in [-0.05, 0) is 26.0 Å². The Morgan fingerprint density at radius 3 is 2.68 bits per heavy atom. The maximum Gasteiger partial charge on any atom is 0.323 e. The summed E-state index contributed by atoms with van der Waals surface area (Å²) < 4.78 is 9.95. The van der Waals surface area contributed by atoms with Gasteiger partial charge in [0.1, 0.15) is 11.8 Å². The number of allylic oxidation sites excluding steroid dienone is 2. The third-order valence-corrected chi connectivity index (χ3v) is 2.11. The molecule has 1 heterocycles. The van der Waals surface area contributed by atoms with E-state index >= 15 is 0 Å². The molecule has 5 nitrogen and oxygen atoms in total. The van der Waals surface area contributed by atoms with Crippen LogP contribution in [0.4, 0.5) is 0 Å². The van der Waals surface area contributed by atoms with Crippen LogP contribution in [0.3, 0.4) is 0 Å². The molecule has 0 aliphatic carbocycles. The lowest BCUT2D eigenvalue weighted by Gasteiger charge is -2.08. The number of carbonyl (C=O) groups is 1. The summed E-state index contributed by atoms with van der Waals surface area (Å²) >= 11 is 0. The molecule has 0 bridgehead atoms. The summed E-state index contributed by atoms with van der Waals surface area (Å²) in [7, 11) is 0. The predicted octanol–water partition coefficient (Wildman–Crippen LogP) is 2.97. The maximum atomic E-state index is 11.3. The number of nitrogens with two attached hydrogens (primary N) is 1. The fourth-order valence-electron chi connectivity index (χ4n) is 1.26. The van der Waals surface area contributed by atoms with Gasteiger partial charge in [0.05, 0.1) is 12.3 Å². The molecule has 0 saturated heterocycles. The fourth-order valence-corrected chi connectivity index (χ4v) is 1.26. The Labute approximate surface area is 133 Å². The Morgan fingerprint density at radius 2 is 2.23 bits per heavy atom. The van der Waals surface area contributed by atoms with Crippen molar-refractivity contribution in [3.63, 3.8) is 0 Å². The number of ether oxygens (including phenoxy) is 1. The van der Waals surface area contributed by atoms with E-state index < -0.39 is 12.0 Å². The number of carbonyl (C=O) groups excluding carboxylic acids is 1. The molecule has 0 aliphatic rings. The lowest BCUT2D eigenvalue weighted by molar-refractivity contribution is -0.144. The Balaban J connectivity index is 0. The average molecular weight is 306 g/mol. The third-order valence-electron chi connectivity index (χ3n) is 2.11. The predicted molar refractivity (Wildman–Crippen MR) is 89.9 cm³/mol. The zero-order valence-corrected chi connectivity index (χ0v) is 13.8. The number of nitrogens with zero attached hydrogens (tertiary/aromatic N) is 1. The number of hydrogen-bond acceptors (Lipinski definition) is 5. The molecular formula is C17H26N2O3. The highest BCUT2D eigenvalue weighted by molar-refractivity contribution is 5.75. The molecule has 0 aliphatic heterocycles. The molecule has 22 heavy (non-hydrogen) atoms. The third kappa shape index (κ3) is 9.56. The molecule has 2 N–H and O–H groups in total. The van der Waals surface area contributed by atoms with Crippen LogP contribution in [-0.2, 0) is 16.0 Å². The minimum Gasteiger partial charge on any atom is -0.465 e. The quantitative estimate of drug-likeness (QED) is 0.668. The van der Waals surface area contributed by atoms with Gasteiger partial charge < -0.3 is 14.9 Å². The van der Waals surface area contributed by atoms with Gasteiger partial charge in [-0.1, -0.05) is 32.4 Å². The van der Waals surface area contributed by atoms with Crippen molar-refractivity contribution in [2.45, 2.75) is 40.2 Å². The molecule has 1 aromatic rings. The number of oxazole rings is 1. The van der Waals surface area contributed by atoms with Gasteiger partial charge in [0.2, 0.25) is 0 Å². The van der Waals surface area contributed by atoms with Gasteiger partial charge in [-0.3, -0.25) is 4.79 Å². The topological polar surface area (TPSA) is 78.4 Å². The SMILES string of the molecule is C#CC=C.C/C=C/c1ocnc1CC(N)C(=O)OCC.CC. The number of hydrogen-bond donors (Lipinski definition) is 1. The molecule has 0 fully saturated rings. The van der Waals surface area contributed by atoms with Crippen LogP contribution >= 0.6 is 0 Å². The van der Waals surface area contributed by atoms with Crippen molar-refractivity contribution in [3.8, 4) is 12.3 Å². The second kappa shape index (κ2) is 15.1. The van der Waals surface area contributed by atoms with Gasteiger partial charge in [0.15, 0.2) is 6.39 Å². The van der Waals surface area contributed by atoms with Crippen molar-refractivity contribution >= 4 is 12.0 Å². The summed E-state index contributed by atoms with van der Waals surface area (Å²) in [5.74, 6) is 2.40. The van der Waals surface area contributed by atoms with E-state index in [0.29, 0.717) is 24.5 Å². The van der Waals surface area contributed by atoms with E-state index in [0.717, 1.165) is 0 Å². The summed E-state index contributed by atoms with van der Waals surface area (Å²) in [6, 6.07) is -0.700. The first-order valence-corrected chi connectivity index (χ1v) is 7.14. The van der Waals surface area contributed by atoms with Crippen LogP contribution in [0.5, 0.6) is 0 Å². The van der Waals surface area contributed by atoms with Crippen LogP contribution in [0, 0.1) is 12.3 Å². The number of esters is 1. The minimum atomic E-state index is -0.700. The van der Waals surface area contributed by atoms with E-state index in [2.05, 4.69) is 23.9 Å². The van der Waals surface area contributed by atoms with Crippen LogP contribution in [0.2, 0.25) is 0 Å². The fraction of sp³-hybridized carbons (Fsp3) is 0.412. The molecule has 0 aromatic carbocycles. The first-order valence-electron chi connectivity index (χ1n) is 7.14. The van der Waals surface area contributed by atoms with Crippen LogP contribution in [0.25, 0.3) is 6.08 Å². The van der Waals surface area contributed by atoms with Gasteiger partial charge in [-0.15, -0.1) is 6.42 Å².